The third-order valence-electron chi connectivity index (χ3n) is 6.24. The van der Waals surface area contributed by atoms with E-state index in [-0.39, 0.29) is 5.54 Å². The summed E-state index contributed by atoms with van der Waals surface area (Å²) in [5.74, 6) is 2.76. The van der Waals surface area contributed by atoms with Crippen molar-refractivity contribution >= 4 is 0 Å². The molecule has 0 amide bonds. The zero-order chi connectivity index (χ0) is 14.4. The highest BCUT2D eigenvalue weighted by Crippen LogP contribution is 2.45. The molecule has 0 saturated heterocycles. The van der Waals surface area contributed by atoms with Gasteiger partial charge in [0.1, 0.15) is 0 Å². The molecule has 2 aliphatic carbocycles. The molecule has 3 atom stereocenters. The average Bonchev–Trinajstić information content (AvgIpc) is 2.93. The second-order valence-corrected chi connectivity index (χ2v) is 7.99. The molecule has 0 aromatic heterocycles. The summed E-state index contributed by atoms with van der Waals surface area (Å²) < 4.78 is 0. The molecule has 0 aliphatic heterocycles. The number of unbranched alkanes of at least 4 members (excludes halogenated alkanes) is 4. The van der Waals surface area contributed by atoms with E-state index in [1.165, 1.54) is 83.5 Å². The predicted octanol–water partition coefficient (Wildman–Crippen LogP) is 5.67. The van der Waals surface area contributed by atoms with Crippen LogP contribution in [0.5, 0.6) is 0 Å². The summed E-state index contributed by atoms with van der Waals surface area (Å²) in [5, 5.41) is 0. The van der Waals surface area contributed by atoms with Crippen LogP contribution in [0.3, 0.4) is 0 Å². The van der Waals surface area contributed by atoms with Gasteiger partial charge in [0.05, 0.1) is 0 Å². The van der Waals surface area contributed by atoms with Crippen LogP contribution in [0.1, 0.15) is 97.3 Å². The van der Waals surface area contributed by atoms with E-state index in [1.54, 1.807) is 0 Å². The molecule has 2 saturated carbocycles. The fourth-order valence-corrected chi connectivity index (χ4v) is 4.88. The van der Waals surface area contributed by atoms with Crippen molar-refractivity contribution in [2.75, 3.05) is 0 Å². The van der Waals surface area contributed by atoms with Crippen LogP contribution < -0.4 is 5.73 Å². The Morgan fingerprint density at radius 3 is 2.25 bits per heavy atom. The van der Waals surface area contributed by atoms with Crippen molar-refractivity contribution in [2.24, 2.45) is 23.5 Å². The highest BCUT2D eigenvalue weighted by molar-refractivity contribution is 4.95. The summed E-state index contributed by atoms with van der Waals surface area (Å²) >= 11 is 0. The Kier molecular flexibility index (Phi) is 6.39. The molecule has 0 spiro atoms. The van der Waals surface area contributed by atoms with E-state index in [9.17, 15) is 0 Å². The summed E-state index contributed by atoms with van der Waals surface area (Å²) in [7, 11) is 0. The summed E-state index contributed by atoms with van der Waals surface area (Å²) in [4.78, 5) is 0. The Morgan fingerprint density at radius 2 is 1.60 bits per heavy atom. The summed E-state index contributed by atoms with van der Waals surface area (Å²) in [5.41, 5.74) is 6.84. The highest BCUT2D eigenvalue weighted by atomic mass is 14.8. The minimum Gasteiger partial charge on any atom is -0.325 e. The van der Waals surface area contributed by atoms with Gasteiger partial charge in [-0.25, -0.2) is 0 Å². The van der Waals surface area contributed by atoms with Crippen LogP contribution in [-0.4, -0.2) is 5.54 Å². The Morgan fingerprint density at radius 1 is 0.900 bits per heavy atom. The van der Waals surface area contributed by atoms with Crippen molar-refractivity contribution in [1.82, 2.24) is 0 Å². The van der Waals surface area contributed by atoms with Gasteiger partial charge < -0.3 is 5.73 Å². The van der Waals surface area contributed by atoms with Crippen molar-refractivity contribution in [1.29, 1.82) is 0 Å². The first-order valence-electron chi connectivity index (χ1n) is 9.42. The third-order valence-corrected chi connectivity index (χ3v) is 6.24. The SMILES string of the molecule is CCCCCCCC1CCC(C2CCCC2)CC1(C)N. The van der Waals surface area contributed by atoms with E-state index in [2.05, 4.69) is 13.8 Å². The van der Waals surface area contributed by atoms with Gasteiger partial charge in [0.25, 0.3) is 0 Å². The Labute approximate surface area is 127 Å². The van der Waals surface area contributed by atoms with Crippen molar-refractivity contribution in [3.8, 4) is 0 Å². The smallest absolute Gasteiger partial charge is 0.0157 e. The molecule has 2 rings (SSSR count). The van der Waals surface area contributed by atoms with Crippen molar-refractivity contribution in [3.05, 3.63) is 0 Å². The van der Waals surface area contributed by atoms with Crippen LogP contribution in [0, 0.1) is 17.8 Å². The van der Waals surface area contributed by atoms with Gasteiger partial charge in [-0.2, -0.15) is 0 Å². The predicted molar refractivity (Wildman–Crippen MR) is 88.8 cm³/mol. The molecule has 0 heterocycles. The van der Waals surface area contributed by atoms with Crippen molar-refractivity contribution in [2.45, 2.75) is 103 Å². The lowest BCUT2D eigenvalue weighted by Gasteiger charge is -2.44. The molecule has 1 nitrogen and oxygen atoms in total. The first kappa shape index (κ1) is 16.3. The number of rotatable bonds is 7. The van der Waals surface area contributed by atoms with Gasteiger partial charge in [0.2, 0.25) is 0 Å². The monoisotopic (exact) mass is 279 g/mol. The minimum atomic E-state index is 0.121. The molecule has 2 N–H and O–H groups in total. The van der Waals surface area contributed by atoms with E-state index in [1.807, 2.05) is 0 Å². The average molecular weight is 280 g/mol. The molecule has 20 heavy (non-hydrogen) atoms. The molecular weight excluding hydrogens is 242 g/mol. The van der Waals surface area contributed by atoms with Gasteiger partial charge >= 0.3 is 0 Å². The lowest BCUT2D eigenvalue weighted by molar-refractivity contribution is 0.112. The summed E-state index contributed by atoms with van der Waals surface area (Å²) in [6, 6.07) is 0. The van der Waals surface area contributed by atoms with Crippen molar-refractivity contribution < 1.29 is 0 Å². The topological polar surface area (TPSA) is 26.0 Å². The van der Waals surface area contributed by atoms with Gasteiger partial charge in [-0.05, 0) is 50.4 Å². The third kappa shape index (κ3) is 4.48. The summed E-state index contributed by atoms with van der Waals surface area (Å²) in [6.07, 6.45) is 18.5. The Bertz CT molecular complexity index is 265. The molecule has 3 unspecified atom stereocenters. The molecule has 0 aromatic carbocycles. The molecule has 118 valence electrons. The molecule has 1 heteroatoms. The number of hydrogen-bond acceptors (Lipinski definition) is 1. The first-order chi connectivity index (χ1) is 9.63. The van der Waals surface area contributed by atoms with E-state index in [4.69, 9.17) is 5.73 Å². The van der Waals surface area contributed by atoms with Crippen LogP contribution in [0.25, 0.3) is 0 Å². The number of hydrogen-bond donors (Lipinski definition) is 1. The zero-order valence-electron chi connectivity index (χ0n) is 14.0. The van der Waals surface area contributed by atoms with Crippen LogP contribution in [0.2, 0.25) is 0 Å². The summed E-state index contributed by atoms with van der Waals surface area (Å²) in [6.45, 7) is 4.64. The standard InChI is InChI=1S/C19H37N/c1-3-4-5-6-7-12-18-14-13-17(15-19(18,2)20)16-10-8-9-11-16/h16-18H,3-15,20H2,1-2H3. The van der Waals surface area contributed by atoms with Crippen molar-refractivity contribution in [3.63, 3.8) is 0 Å². The molecule has 0 aromatic rings. The lowest BCUT2D eigenvalue weighted by atomic mass is 9.65. The van der Waals surface area contributed by atoms with Crippen LogP contribution in [0.4, 0.5) is 0 Å². The van der Waals surface area contributed by atoms with E-state index < -0.39 is 0 Å². The maximum atomic E-state index is 6.72. The molecule has 0 radical (unpaired) electrons. The fraction of sp³-hybridized carbons (Fsp3) is 1.00. The Balaban J connectivity index is 1.72. The first-order valence-corrected chi connectivity index (χ1v) is 9.42. The minimum absolute atomic E-state index is 0.121. The maximum Gasteiger partial charge on any atom is 0.0157 e. The second kappa shape index (κ2) is 7.82. The zero-order valence-corrected chi connectivity index (χ0v) is 14.0. The van der Waals surface area contributed by atoms with Gasteiger partial charge in [0.15, 0.2) is 0 Å². The second-order valence-electron chi connectivity index (χ2n) is 7.99. The quantitative estimate of drug-likeness (QED) is 0.597. The van der Waals surface area contributed by atoms with Crippen LogP contribution in [-0.2, 0) is 0 Å². The lowest BCUT2D eigenvalue weighted by Crippen LogP contribution is -2.49. The molecular formula is C19H37N. The van der Waals surface area contributed by atoms with Crippen LogP contribution >= 0.6 is 0 Å². The van der Waals surface area contributed by atoms with Crippen LogP contribution in [0.15, 0.2) is 0 Å². The highest BCUT2D eigenvalue weighted by Gasteiger charge is 2.39. The largest absolute Gasteiger partial charge is 0.325 e. The van der Waals surface area contributed by atoms with E-state index >= 15 is 0 Å². The van der Waals surface area contributed by atoms with E-state index in [0.29, 0.717) is 0 Å². The van der Waals surface area contributed by atoms with Gasteiger partial charge in [-0.15, -0.1) is 0 Å². The van der Waals surface area contributed by atoms with Gasteiger partial charge in [-0.1, -0.05) is 64.7 Å². The Hall–Kier alpha value is -0.0400. The molecule has 0 bridgehead atoms. The normalized spacial score (nSPS) is 35.5. The van der Waals surface area contributed by atoms with E-state index in [0.717, 1.165) is 17.8 Å². The molecule has 2 aliphatic rings. The number of nitrogens with two attached hydrogens (primary N) is 1. The van der Waals surface area contributed by atoms with Gasteiger partial charge in [0, 0.05) is 5.54 Å². The van der Waals surface area contributed by atoms with Gasteiger partial charge in [-0.3, -0.25) is 0 Å². The maximum absolute atomic E-state index is 6.72. The fourth-order valence-electron chi connectivity index (χ4n) is 4.88. The molecule has 2 fully saturated rings.